The van der Waals surface area contributed by atoms with Crippen molar-refractivity contribution in [3.05, 3.63) is 35.4 Å². The molecule has 0 unspecified atom stereocenters. The van der Waals surface area contributed by atoms with Gasteiger partial charge in [0.15, 0.2) is 0 Å². The Hall–Kier alpha value is -1.44. The molecule has 1 rings (SSSR count). The van der Waals surface area contributed by atoms with Crippen molar-refractivity contribution in [2.75, 3.05) is 26.0 Å². The van der Waals surface area contributed by atoms with Crippen molar-refractivity contribution in [1.29, 1.82) is 0 Å². The highest BCUT2D eigenvalue weighted by atomic mass is 32.2. The van der Waals surface area contributed by atoms with E-state index in [1.54, 1.807) is 0 Å². The van der Waals surface area contributed by atoms with Gasteiger partial charge in [0.25, 0.3) is 0 Å². The average Bonchev–Trinajstić information content (AvgIpc) is 2.63. The highest BCUT2D eigenvalue weighted by molar-refractivity contribution is 7.89. The van der Waals surface area contributed by atoms with E-state index in [0.29, 0.717) is 0 Å². The number of unbranched alkanes of at least 4 members (excludes halogenated alkanes) is 1. The van der Waals surface area contributed by atoms with E-state index in [1.165, 1.54) is 25.5 Å². The van der Waals surface area contributed by atoms with Crippen molar-refractivity contribution < 1.29 is 17.9 Å². The van der Waals surface area contributed by atoms with E-state index in [2.05, 4.69) is 34.3 Å². The van der Waals surface area contributed by atoms with Crippen molar-refractivity contribution in [2.45, 2.75) is 52.6 Å². The first-order valence-electron chi connectivity index (χ1n) is 9.24. The minimum absolute atomic E-state index is 0.0809. The molecule has 7 heteroatoms. The standard InChI is InChI=1S/C19H32N2O4S/c1-4-6-12-21(5-2)16-18-10-7-9-17(14-18)15-20-26(23,24)13-8-11-19(22)25-3/h7,9-10,14,20H,4-6,8,11-13,15-16H2,1-3H3. The summed E-state index contributed by atoms with van der Waals surface area (Å²) in [5.41, 5.74) is 2.12. The Morgan fingerprint density at radius 2 is 1.92 bits per heavy atom. The van der Waals surface area contributed by atoms with Gasteiger partial charge in [0.05, 0.1) is 12.9 Å². The lowest BCUT2D eigenvalue weighted by atomic mass is 10.1. The summed E-state index contributed by atoms with van der Waals surface area (Å²) in [6.07, 6.45) is 2.72. The first-order chi connectivity index (χ1) is 12.4. The fourth-order valence-electron chi connectivity index (χ4n) is 2.60. The number of benzene rings is 1. The fraction of sp³-hybridized carbons (Fsp3) is 0.632. The summed E-state index contributed by atoms with van der Waals surface area (Å²) in [5, 5.41) is 0. The summed E-state index contributed by atoms with van der Waals surface area (Å²) in [4.78, 5) is 13.4. The molecule has 0 amide bonds. The molecule has 0 heterocycles. The number of nitrogens with one attached hydrogen (secondary N) is 1. The van der Waals surface area contributed by atoms with Gasteiger partial charge in [-0.3, -0.25) is 9.69 Å². The minimum atomic E-state index is -3.40. The molecule has 1 N–H and O–H groups in total. The monoisotopic (exact) mass is 384 g/mol. The number of esters is 1. The van der Waals surface area contributed by atoms with Gasteiger partial charge in [0.1, 0.15) is 0 Å². The number of carbonyl (C=O) groups is 1. The maximum absolute atomic E-state index is 12.0. The van der Waals surface area contributed by atoms with E-state index in [-0.39, 0.29) is 25.1 Å². The van der Waals surface area contributed by atoms with E-state index < -0.39 is 16.0 Å². The Kier molecular flexibility index (Phi) is 10.5. The molecule has 0 bridgehead atoms. The van der Waals surface area contributed by atoms with Crippen molar-refractivity contribution in [2.24, 2.45) is 0 Å². The third kappa shape index (κ3) is 9.31. The topological polar surface area (TPSA) is 75.7 Å². The molecule has 0 saturated heterocycles. The molecule has 1 aromatic rings. The molecule has 6 nitrogen and oxygen atoms in total. The second kappa shape index (κ2) is 12.0. The van der Waals surface area contributed by atoms with Crippen LogP contribution in [0.2, 0.25) is 0 Å². The molecule has 0 spiro atoms. The Labute approximate surface area is 158 Å². The number of nitrogens with zero attached hydrogens (tertiary/aromatic N) is 1. The number of hydrogen-bond donors (Lipinski definition) is 1. The largest absolute Gasteiger partial charge is 0.469 e. The normalized spacial score (nSPS) is 11.7. The number of ether oxygens (including phenoxy) is 1. The fourth-order valence-corrected chi connectivity index (χ4v) is 3.66. The average molecular weight is 385 g/mol. The number of sulfonamides is 1. The molecular formula is C19H32N2O4S. The van der Waals surface area contributed by atoms with Crippen LogP contribution < -0.4 is 4.72 Å². The molecule has 0 saturated carbocycles. The Morgan fingerprint density at radius 3 is 2.58 bits per heavy atom. The Bertz CT molecular complexity index is 647. The van der Waals surface area contributed by atoms with Crippen LogP contribution in [-0.2, 0) is 32.6 Å². The van der Waals surface area contributed by atoms with Gasteiger partial charge in [-0.25, -0.2) is 13.1 Å². The van der Waals surface area contributed by atoms with Gasteiger partial charge in [0, 0.05) is 19.5 Å². The molecule has 1 aromatic carbocycles. The van der Waals surface area contributed by atoms with Crippen LogP contribution in [0.3, 0.4) is 0 Å². The third-order valence-corrected chi connectivity index (χ3v) is 5.60. The third-order valence-electron chi connectivity index (χ3n) is 4.19. The van der Waals surface area contributed by atoms with Crippen molar-refractivity contribution in [1.82, 2.24) is 9.62 Å². The van der Waals surface area contributed by atoms with Gasteiger partial charge in [-0.2, -0.15) is 0 Å². The van der Waals surface area contributed by atoms with Gasteiger partial charge in [0.2, 0.25) is 10.0 Å². The van der Waals surface area contributed by atoms with Crippen LogP contribution in [0.15, 0.2) is 24.3 Å². The van der Waals surface area contributed by atoms with Gasteiger partial charge < -0.3 is 4.74 Å². The zero-order chi connectivity index (χ0) is 19.4. The SMILES string of the molecule is CCCCN(CC)Cc1cccc(CNS(=O)(=O)CCCC(=O)OC)c1. The van der Waals surface area contributed by atoms with Gasteiger partial charge >= 0.3 is 5.97 Å². The zero-order valence-corrected chi connectivity index (χ0v) is 17.0. The number of hydrogen-bond acceptors (Lipinski definition) is 5. The predicted molar refractivity (Wildman–Crippen MR) is 104 cm³/mol. The molecule has 0 aliphatic carbocycles. The minimum Gasteiger partial charge on any atom is -0.469 e. The highest BCUT2D eigenvalue weighted by Gasteiger charge is 2.12. The number of methoxy groups -OCH3 is 1. The molecule has 0 radical (unpaired) electrons. The molecule has 0 aliphatic rings. The summed E-state index contributed by atoms with van der Waals surface area (Å²) in [5.74, 6) is -0.473. The number of rotatable bonds is 13. The van der Waals surface area contributed by atoms with Crippen LogP contribution in [0.25, 0.3) is 0 Å². The van der Waals surface area contributed by atoms with Crippen LogP contribution >= 0.6 is 0 Å². The molecule has 0 fully saturated rings. The number of carbonyl (C=O) groups excluding carboxylic acids is 1. The summed E-state index contributed by atoms with van der Waals surface area (Å²) in [6, 6.07) is 8.00. The highest BCUT2D eigenvalue weighted by Crippen LogP contribution is 2.10. The van der Waals surface area contributed by atoms with Crippen molar-refractivity contribution >= 4 is 16.0 Å². The summed E-state index contributed by atoms with van der Waals surface area (Å²) < 4.78 is 31.2. The predicted octanol–water partition coefficient (Wildman–Crippen LogP) is 2.68. The maximum atomic E-state index is 12.0. The van der Waals surface area contributed by atoms with E-state index in [1.807, 2.05) is 18.2 Å². The lowest BCUT2D eigenvalue weighted by molar-refractivity contribution is -0.140. The summed E-state index contributed by atoms with van der Waals surface area (Å²) in [7, 11) is -2.11. The van der Waals surface area contributed by atoms with Gasteiger partial charge in [-0.15, -0.1) is 0 Å². The van der Waals surface area contributed by atoms with E-state index in [9.17, 15) is 13.2 Å². The first kappa shape index (κ1) is 22.6. The maximum Gasteiger partial charge on any atom is 0.305 e. The van der Waals surface area contributed by atoms with E-state index in [0.717, 1.165) is 25.2 Å². The molecule has 26 heavy (non-hydrogen) atoms. The summed E-state index contributed by atoms with van der Waals surface area (Å²) >= 11 is 0. The van der Waals surface area contributed by atoms with Crippen molar-refractivity contribution in [3.8, 4) is 0 Å². The van der Waals surface area contributed by atoms with E-state index >= 15 is 0 Å². The smallest absolute Gasteiger partial charge is 0.305 e. The van der Waals surface area contributed by atoms with Crippen LogP contribution in [0, 0.1) is 0 Å². The summed E-state index contributed by atoms with van der Waals surface area (Å²) in [6.45, 7) is 7.54. The van der Waals surface area contributed by atoms with Crippen LogP contribution in [-0.4, -0.2) is 45.2 Å². The lowest BCUT2D eigenvalue weighted by Crippen LogP contribution is -2.26. The molecule has 148 valence electrons. The molecule has 0 atom stereocenters. The van der Waals surface area contributed by atoms with Crippen LogP contribution in [0.5, 0.6) is 0 Å². The quantitative estimate of drug-likeness (QED) is 0.529. The molecular weight excluding hydrogens is 352 g/mol. The van der Waals surface area contributed by atoms with Crippen LogP contribution in [0.4, 0.5) is 0 Å². The van der Waals surface area contributed by atoms with Crippen LogP contribution in [0.1, 0.15) is 50.7 Å². The Balaban J connectivity index is 2.53. The Morgan fingerprint density at radius 1 is 1.19 bits per heavy atom. The molecule has 0 aromatic heterocycles. The van der Waals surface area contributed by atoms with Crippen molar-refractivity contribution in [3.63, 3.8) is 0 Å². The first-order valence-corrected chi connectivity index (χ1v) is 10.9. The van der Waals surface area contributed by atoms with E-state index in [4.69, 9.17) is 0 Å². The van der Waals surface area contributed by atoms with Gasteiger partial charge in [-0.05, 0) is 37.1 Å². The second-order valence-corrected chi connectivity index (χ2v) is 8.29. The second-order valence-electron chi connectivity index (χ2n) is 6.36. The van der Waals surface area contributed by atoms with Gasteiger partial charge in [-0.1, -0.05) is 44.5 Å². The lowest BCUT2D eigenvalue weighted by Gasteiger charge is -2.20. The molecule has 0 aliphatic heterocycles. The zero-order valence-electron chi connectivity index (χ0n) is 16.2.